The zero-order valence-corrected chi connectivity index (χ0v) is 19.3. The Balaban J connectivity index is 2.15. The van der Waals surface area contributed by atoms with Gasteiger partial charge in [0, 0.05) is 10.7 Å². The van der Waals surface area contributed by atoms with Crippen molar-refractivity contribution in [3.63, 3.8) is 0 Å². The van der Waals surface area contributed by atoms with Crippen LogP contribution in [-0.2, 0) is 0 Å². The predicted molar refractivity (Wildman–Crippen MR) is 125 cm³/mol. The van der Waals surface area contributed by atoms with Gasteiger partial charge in [-0.3, -0.25) is 0 Å². The summed E-state index contributed by atoms with van der Waals surface area (Å²) in [6.07, 6.45) is 0. The Labute approximate surface area is 178 Å². The van der Waals surface area contributed by atoms with Crippen LogP contribution in [0, 0.1) is 24.6 Å². The summed E-state index contributed by atoms with van der Waals surface area (Å²) in [6, 6.07) is 19.8. The summed E-state index contributed by atoms with van der Waals surface area (Å²) in [6.45, 7) is 4.30. The Kier molecular flexibility index (Phi) is 5.68. The lowest BCUT2D eigenvalue weighted by Gasteiger charge is -2.14. The van der Waals surface area contributed by atoms with E-state index < -0.39 is 0 Å². The summed E-state index contributed by atoms with van der Waals surface area (Å²) < 4.78 is 3.98. The van der Waals surface area contributed by atoms with Crippen LogP contribution in [0.5, 0.6) is 0 Å². The van der Waals surface area contributed by atoms with Gasteiger partial charge in [0.1, 0.15) is 0 Å². The average molecular weight is 636 g/mol. The highest BCUT2D eigenvalue weighted by Crippen LogP contribution is 2.37. The predicted octanol–water partition coefficient (Wildman–Crippen LogP) is 7.45. The molecule has 3 aromatic rings. The van der Waals surface area contributed by atoms with E-state index in [2.05, 4.69) is 136 Å². The molecule has 0 aliphatic carbocycles. The fourth-order valence-corrected chi connectivity index (χ4v) is 4.76. The summed E-state index contributed by atoms with van der Waals surface area (Å²) in [7, 11) is 0. The van der Waals surface area contributed by atoms with Gasteiger partial charge in [-0.05, 0) is 109 Å². The van der Waals surface area contributed by atoms with Crippen LogP contribution >= 0.6 is 67.8 Å². The largest absolute Gasteiger partial charge is 0.0613 e. The Morgan fingerprint density at radius 2 is 1.13 bits per heavy atom. The van der Waals surface area contributed by atoms with E-state index in [0.29, 0.717) is 0 Å². The molecule has 0 aromatic heterocycles. The van der Waals surface area contributed by atoms with E-state index in [0.717, 1.165) is 0 Å². The van der Waals surface area contributed by atoms with Crippen molar-refractivity contribution in [2.75, 3.05) is 0 Å². The molecule has 3 rings (SSSR count). The van der Waals surface area contributed by atoms with Crippen molar-refractivity contribution in [1.82, 2.24) is 0 Å². The Morgan fingerprint density at radius 1 is 0.565 bits per heavy atom. The molecule has 0 atom stereocenters. The molecule has 0 aliphatic heterocycles. The summed E-state index contributed by atoms with van der Waals surface area (Å²) in [4.78, 5) is 0. The smallest absolute Gasteiger partial charge is 0.0349 e. The fraction of sp³-hybridized carbons (Fsp3) is 0.100. The van der Waals surface area contributed by atoms with Crippen molar-refractivity contribution in [3.05, 3.63) is 76.4 Å². The molecule has 23 heavy (non-hydrogen) atoms. The van der Waals surface area contributed by atoms with Crippen LogP contribution in [-0.4, -0.2) is 0 Å². The molecule has 0 saturated heterocycles. The van der Waals surface area contributed by atoms with E-state index >= 15 is 0 Å². The molecule has 3 aromatic carbocycles. The quantitative estimate of drug-likeness (QED) is 0.257. The van der Waals surface area contributed by atoms with Crippen molar-refractivity contribution < 1.29 is 0 Å². The van der Waals surface area contributed by atoms with E-state index in [4.69, 9.17) is 0 Å². The molecule has 0 nitrogen and oxygen atoms in total. The normalized spacial score (nSPS) is 10.8. The molecular formula is C20H15I3. The fourth-order valence-electron chi connectivity index (χ4n) is 2.57. The molecule has 0 fully saturated rings. The van der Waals surface area contributed by atoms with Gasteiger partial charge in [0.2, 0.25) is 0 Å². The first kappa shape index (κ1) is 17.7. The molecule has 3 heteroatoms. The number of benzene rings is 3. The van der Waals surface area contributed by atoms with E-state index in [1.807, 2.05) is 0 Å². The lowest BCUT2D eigenvalue weighted by molar-refractivity contribution is 1.41. The standard InChI is InChI=1S/C20H15I3/c1-12-6-8-14(9-7-12)15-10-11-17(20(23)19(15)22)16-5-3-4-13(2)18(16)21/h3-11H,1-2H3. The van der Waals surface area contributed by atoms with Gasteiger partial charge in [-0.15, -0.1) is 0 Å². The topological polar surface area (TPSA) is 0 Å². The monoisotopic (exact) mass is 636 g/mol. The summed E-state index contributed by atoms with van der Waals surface area (Å²) >= 11 is 7.42. The van der Waals surface area contributed by atoms with Crippen molar-refractivity contribution in [2.24, 2.45) is 0 Å². The van der Waals surface area contributed by atoms with Gasteiger partial charge in [-0.2, -0.15) is 0 Å². The maximum Gasteiger partial charge on any atom is 0.0349 e. The zero-order chi connectivity index (χ0) is 16.6. The minimum Gasteiger partial charge on any atom is -0.0613 e. The first-order valence-electron chi connectivity index (χ1n) is 7.29. The Bertz CT molecular complexity index is 865. The molecule has 116 valence electrons. The van der Waals surface area contributed by atoms with E-state index in [1.54, 1.807) is 0 Å². The van der Waals surface area contributed by atoms with Crippen LogP contribution in [0.1, 0.15) is 11.1 Å². The molecule has 0 N–H and O–H groups in total. The molecule has 0 saturated carbocycles. The minimum atomic E-state index is 1.28. The van der Waals surface area contributed by atoms with Crippen LogP contribution in [0.4, 0.5) is 0 Å². The number of hydrogen-bond acceptors (Lipinski definition) is 0. The second kappa shape index (κ2) is 7.39. The first-order valence-corrected chi connectivity index (χ1v) is 10.5. The van der Waals surface area contributed by atoms with E-state index in [9.17, 15) is 0 Å². The number of aryl methyl sites for hydroxylation is 2. The summed E-state index contributed by atoms with van der Waals surface area (Å²) in [5, 5.41) is 0. The van der Waals surface area contributed by atoms with Crippen molar-refractivity contribution in [2.45, 2.75) is 13.8 Å². The van der Waals surface area contributed by atoms with Crippen molar-refractivity contribution in [1.29, 1.82) is 0 Å². The lowest BCUT2D eigenvalue weighted by atomic mass is 9.99. The maximum atomic E-state index is 2.49. The number of hydrogen-bond donors (Lipinski definition) is 0. The molecule has 0 bridgehead atoms. The van der Waals surface area contributed by atoms with Crippen LogP contribution in [0.2, 0.25) is 0 Å². The zero-order valence-electron chi connectivity index (χ0n) is 12.8. The Morgan fingerprint density at radius 3 is 1.83 bits per heavy atom. The maximum absolute atomic E-state index is 2.49. The molecule has 0 radical (unpaired) electrons. The van der Waals surface area contributed by atoms with Crippen LogP contribution < -0.4 is 0 Å². The van der Waals surface area contributed by atoms with Gasteiger partial charge in [0.25, 0.3) is 0 Å². The van der Waals surface area contributed by atoms with Gasteiger partial charge in [0.05, 0.1) is 0 Å². The third-order valence-corrected chi connectivity index (χ3v) is 8.63. The van der Waals surface area contributed by atoms with Gasteiger partial charge in [-0.1, -0.05) is 60.2 Å². The molecule has 0 aliphatic rings. The van der Waals surface area contributed by atoms with Gasteiger partial charge in [0.15, 0.2) is 0 Å². The number of halogens is 3. The highest BCUT2D eigenvalue weighted by atomic mass is 127. The molecule has 0 spiro atoms. The SMILES string of the molecule is Cc1ccc(-c2ccc(-c3cccc(C)c3I)c(I)c2I)cc1. The second-order valence-electron chi connectivity index (χ2n) is 5.59. The summed E-state index contributed by atoms with van der Waals surface area (Å²) in [5.74, 6) is 0. The number of rotatable bonds is 2. The van der Waals surface area contributed by atoms with Gasteiger partial charge in [-0.25, -0.2) is 0 Å². The molecular weight excluding hydrogens is 621 g/mol. The summed E-state index contributed by atoms with van der Waals surface area (Å²) in [5.41, 5.74) is 7.85. The third-order valence-electron chi connectivity index (χ3n) is 3.93. The molecule has 0 heterocycles. The van der Waals surface area contributed by atoms with Crippen molar-refractivity contribution in [3.8, 4) is 22.3 Å². The molecule has 0 unspecified atom stereocenters. The van der Waals surface area contributed by atoms with E-state index in [1.165, 1.54) is 44.1 Å². The van der Waals surface area contributed by atoms with Gasteiger partial charge >= 0.3 is 0 Å². The van der Waals surface area contributed by atoms with Crippen molar-refractivity contribution >= 4 is 67.8 Å². The van der Waals surface area contributed by atoms with Crippen LogP contribution in [0.25, 0.3) is 22.3 Å². The highest BCUT2D eigenvalue weighted by molar-refractivity contribution is 14.1. The average Bonchev–Trinajstić information content (AvgIpc) is 2.54. The first-order chi connectivity index (χ1) is 11.0. The molecule has 0 amide bonds. The minimum absolute atomic E-state index is 1.28. The lowest BCUT2D eigenvalue weighted by Crippen LogP contribution is -1.94. The van der Waals surface area contributed by atoms with Crippen LogP contribution in [0.15, 0.2) is 54.6 Å². The second-order valence-corrected chi connectivity index (χ2v) is 8.83. The van der Waals surface area contributed by atoms with Crippen LogP contribution in [0.3, 0.4) is 0 Å². The Hall–Kier alpha value is -0.150. The van der Waals surface area contributed by atoms with Gasteiger partial charge < -0.3 is 0 Å². The highest BCUT2D eigenvalue weighted by Gasteiger charge is 2.14. The third kappa shape index (κ3) is 3.61. The van der Waals surface area contributed by atoms with E-state index in [-0.39, 0.29) is 0 Å².